The van der Waals surface area contributed by atoms with Gasteiger partial charge in [-0.25, -0.2) is 5.01 Å². The van der Waals surface area contributed by atoms with Gasteiger partial charge in [0.25, 0.3) is 5.69 Å². The summed E-state index contributed by atoms with van der Waals surface area (Å²) < 4.78 is 7.25. The summed E-state index contributed by atoms with van der Waals surface area (Å²) in [7, 11) is 0. The second kappa shape index (κ2) is 7.41. The molecule has 0 aliphatic carbocycles. The zero-order valence-electron chi connectivity index (χ0n) is 15.5. The lowest BCUT2D eigenvalue weighted by molar-refractivity contribution is -0.385. The Kier molecular flexibility index (Phi) is 4.72. The molecular formula is C22H15BrClN3O3. The molecule has 2 heterocycles. The number of hydrazone groups is 1. The van der Waals surface area contributed by atoms with Gasteiger partial charge in [-0.3, -0.25) is 10.1 Å². The number of nitro groups is 1. The molecule has 30 heavy (non-hydrogen) atoms. The molecule has 0 N–H and O–H groups in total. The number of non-ortho nitro benzene ring substituents is 1. The van der Waals surface area contributed by atoms with Crippen molar-refractivity contribution in [3.05, 3.63) is 103 Å². The molecule has 0 radical (unpaired) electrons. The van der Waals surface area contributed by atoms with E-state index in [-0.39, 0.29) is 11.7 Å². The largest absolute Gasteiger partial charge is 0.464 e. The van der Waals surface area contributed by atoms with Gasteiger partial charge in [0.15, 0.2) is 0 Å². The number of rotatable bonds is 3. The van der Waals surface area contributed by atoms with E-state index in [1.54, 1.807) is 12.1 Å². The van der Waals surface area contributed by atoms with Gasteiger partial charge in [0, 0.05) is 39.2 Å². The summed E-state index contributed by atoms with van der Waals surface area (Å²) in [5, 5.41) is 18.6. The molecule has 0 aromatic heterocycles. The Morgan fingerprint density at radius 3 is 2.70 bits per heavy atom. The van der Waals surface area contributed by atoms with E-state index in [0.717, 1.165) is 21.3 Å². The number of halogens is 2. The van der Waals surface area contributed by atoms with E-state index in [2.05, 4.69) is 15.9 Å². The van der Waals surface area contributed by atoms with Gasteiger partial charge in [-0.2, -0.15) is 5.10 Å². The normalized spacial score (nSPS) is 19.5. The van der Waals surface area contributed by atoms with Gasteiger partial charge < -0.3 is 4.74 Å². The zero-order chi connectivity index (χ0) is 20.8. The summed E-state index contributed by atoms with van der Waals surface area (Å²) >= 11 is 9.72. The highest BCUT2D eigenvalue weighted by molar-refractivity contribution is 9.10. The van der Waals surface area contributed by atoms with Crippen LogP contribution < -0.4 is 4.74 Å². The van der Waals surface area contributed by atoms with Crippen LogP contribution in [0.1, 0.15) is 35.4 Å². The van der Waals surface area contributed by atoms with Gasteiger partial charge in [0.05, 0.1) is 16.7 Å². The monoisotopic (exact) mass is 483 g/mol. The van der Waals surface area contributed by atoms with Crippen molar-refractivity contribution >= 4 is 38.9 Å². The van der Waals surface area contributed by atoms with Crippen molar-refractivity contribution in [3.63, 3.8) is 0 Å². The topological polar surface area (TPSA) is 68.0 Å². The van der Waals surface area contributed by atoms with Crippen molar-refractivity contribution in [2.24, 2.45) is 5.10 Å². The van der Waals surface area contributed by atoms with Crippen LogP contribution in [0.3, 0.4) is 0 Å². The van der Waals surface area contributed by atoms with Crippen molar-refractivity contribution in [1.29, 1.82) is 0 Å². The second-order valence-corrected chi connectivity index (χ2v) is 8.51. The lowest BCUT2D eigenvalue weighted by atomic mass is 9.96. The summed E-state index contributed by atoms with van der Waals surface area (Å²) in [6.07, 6.45) is 0.112. The molecule has 2 atom stereocenters. The molecule has 0 saturated heterocycles. The second-order valence-electron chi connectivity index (χ2n) is 7.16. The molecule has 2 aliphatic rings. The maximum atomic E-state index is 11.3. The Labute approximate surface area is 186 Å². The van der Waals surface area contributed by atoms with Gasteiger partial charge in [-0.1, -0.05) is 51.8 Å². The van der Waals surface area contributed by atoms with Crippen LogP contribution in [0.5, 0.6) is 5.75 Å². The van der Waals surface area contributed by atoms with E-state index in [1.165, 1.54) is 12.1 Å². The third kappa shape index (κ3) is 3.34. The Bertz CT molecular complexity index is 1180. The first kappa shape index (κ1) is 19.1. The van der Waals surface area contributed by atoms with Crippen LogP contribution >= 0.6 is 27.5 Å². The highest BCUT2D eigenvalue weighted by atomic mass is 79.9. The summed E-state index contributed by atoms with van der Waals surface area (Å²) in [6.45, 7) is 0. The third-order valence-corrected chi connectivity index (χ3v) is 6.06. The number of hydrogen-bond acceptors (Lipinski definition) is 5. The van der Waals surface area contributed by atoms with E-state index in [1.807, 2.05) is 47.5 Å². The van der Waals surface area contributed by atoms with E-state index >= 15 is 0 Å². The van der Waals surface area contributed by atoms with E-state index in [9.17, 15) is 10.1 Å². The average molecular weight is 485 g/mol. The van der Waals surface area contributed by atoms with E-state index in [4.69, 9.17) is 21.4 Å². The minimum absolute atomic E-state index is 0.0193. The van der Waals surface area contributed by atoms with Crippen LogP contribution in [0.15, 0.2) is 76.3 Å². The lowest BCUT2D eigenvalue weighted by Gasteiger charge is -2.38. The van der Waals surface area contributed by atoms with Gasteiger partial charge in [0.2, 0.25) is 6.23 Å². The summed E-state index contributed by atoms with van der Waals surface area (Å²) in [5.41, 5.74) is 3.61. The highest BCUT2D eigenvalue weighted by Crippen LogP contribution is 2.48. The SMILES string of the molecule is O=[N+]([O-])c1cccc(C2Oc3ccc(Cl)cc3C3CC(c4ccc(Br)cc4)=NN32)c1. The summed E-state index contributed by atoms with van der Waals surface area (Å²) in [5.74, 6) is 0.712. The molecule has 8 heteroatoms. The third-order valence-electron chi connectivity index (χ3n) is 5.30. The lowest BCUT2D eigenvalue weighted by Crippen LogP contribution is -2.33. The minimum Gasteiger partial charge on any atom is -0.464 e. The molecule has 0 bridgehead atoms. The van der Waals surface area contributed by atoms with Crippen molar-refractivity contribution < 1.29 is 9.66 Å². The van der Waals surface area contributed by atoms with Crippen LogP contribution in [0.25, 0.3) is 0 Å². The molecular weight excluding hydrogens is 470 g/mol. The quantitative estimate of drug-likeness (QED) is 0.325. The minimum atomic E-state index is -0.573. The first-order valence-electron chi connectivity index (χ1n) is 9.32. The fourth-order valence-corrected chi connectivity index (χ4v) is 4.33. The number of fused-ring (bicyclic) bond motifs is 3. The summed E-state index contributed by atoms with van der Waals surface area (Å²) in [4.78, 5) is 10.9. The molecule has 0 saturated carbocycles. The van der Waals surface area contributed by atoms with Crippen molar-refractivity contribution in [2.45, 2.75) is 18.7 Å². The zero-order valence-corrected chi connectivity index (χ0v) is 17.9. The predicted molar refractivity (Wildman–Crippen MR) is 118 cm³/mol. The maximum Gasteiger partial charge on any atom is 0.269 e. The number of benzene rings is 3. The standard InChI is InChI=1S/C22H15BrClN3O3/c23-15-6-4-13(5-7-15)19-12-20-18-11-16(24)8-9-21(18)30-22(26(20)25-19)14-2-1-3-17(10-14)27(28)29/h1-11,20,22H,12H2. The smallest absolute Gasteiger partial charge is 0.269 e. The molecule has 2 unspecified atom stereocenters. The Morgan fingerprint density at radius 1 is 1.13 bits per heavy atom. The van der Waals surface area contributed by atoms with Crippen molar-refractivity contribution in [3.8, 4) is 5.75 Å². The van der Waals surface area contributed by atoms with Crippen LogP contribution in [-0.4, -0.2) is 15.6 Å². The molecule has 6 nitrogen and oxygen atoms in total. The molecule has 150 valence electrons. The first-order chi connectivity index (χ1) is 14.5. The van der Waals surface area contributed by atoms with Crippen LogP contribution in [0, 0.1) is 10.1 Å². The van der Waals surface area contributed by atoms with Gasteiger partial charge in [-0.15, -0.1) is 0 Å². The highest BCUT2D eigenvalue weighted by Gasteiger charge is 2.41. The molecule has 0 spiro atoms. The number of nitrogens with zero attached hydrogens (tertiary/aromatic N) is 3. The van der Waals surface area contributed by atoms with Gasteiger partial charge in [-0.05, 0) is 35.9 Å². The number of hydrogen-bond donors (Lipinski definition) is 0. The van der Waals surface area contributed by atoms with Crippen molar-refractivity contribution in [2.75, 3.05) is 0 Å². The predicted octanol–water partition coefficient (Wildman–Crippen LogP) is 6.25. The van der Waals surface area contributed by atoms with Crippen LogP contribution in [-0.2, 0) is 0 Å². The van der Waals surface area contributed by atoms with Crippen LogP contribution in [0.4, 0.5) is 5.69 Å². The van der Waals surface area contributed by atoms with Gasteiger partial charge >= 0.3 is 0 Å². The Morgan fingerprint density at radius 2 is 1.93 bits per heavy atom. The van der Waals surface area contributed by atoms with E-state index < -0.39 is 11.2 Å². The fourth-order valence-electron chi connectivity index (χ4n) is 3.89. The molecule has 0 amide bonds. The first-order valence-corrected chi connectivity index (χ1v) is 10.5. The van der Waals surface area contributed by atoms with Crippen molar-refractivity contribution in [1.82, 2.24) is 5.01 Å². The van der Waals surface area contributed by atoms with E-state index in [0.29, 0.717) is 22.8 Å². The number of ether oxygens (including phenoxy) is 1. The Hall–Kier alpha value is -2.90. The van der Waals surface area contributed by atoms with Gasteiger partial charge in [0.1, 0.15) is 5.75 Å². The molecule has 3 aromatic rings. The molecule has 0 fully saturated rings. The fraction of sp³-hybridized carbons (Fsp3) is 0.136. The molecule has 3 aromatic carbocycles. The molecule has 5 rings (SSSR count). The molecule has 2 aliphatic heterocycles. The summed E-state index contributed by atoms with van der Waals surface area (Å²) in [6, 6.07) is 19.9. The number of nitro benzene ring substituents is 1. The maximum absolute atomic E-state index is 11.3. The average Bonchev–Trinajstić information content (AvgIpc) is 3.19. The van der Waals surface area contributed by atoms with Crippen LogP contribution in [0.2, 0.25) is 5.02 Å². The Balaban J connectivity index is 1.60.